The Labute approximate surface area is 227 Å². The van der Waals surface area contributed by atoms with Crippen molar-refractivity contribution < 1.29 is 14.6 Å². The van der Waals surface area contributed by atoms with Gasteiger partial charge in [-0.2, -0.15) is 0 Å². The number of aliphatic carboxylic acids is 1. The lowest BCUT2D eigenvalue weighted by Crippen LogP contribution is -2.27. The maximum atomic E-state index is 12.1. The SMILES string of the molecule is O=C(O)[C@@H]1CCCCC1c1nc2cc(OCc3nc4ccccc4s3)ccc2n1Cc1ccc(Br)cc1. The molecule has 2 atom stereocenters. The lowest BCUT2D eigenvalue weighted by molar-refractivity contribution is -0.143. The number of thiazole rings is 1. The van der Waals surface area contributed by atoms with Gasteiger partial charge in [-0.25, -0.2) is 9.97 Å². The topological polar surface area (TPSA) is 77.2 Å². The summed E-state index contributed by atoms with van der Waals surface area (Å²) in [5.41, 5.74) is 3.93. The van der Waals surface area contributed by atoms with Gasteiger partial charge in [0.1, 0.15) is 23.2 Å². The zero-order valence-electron chi connectivity index (χ0n) is 20.1. The van der Waals surface area contributed by atoms with Crippen molar-refractivity contribution in [3.05, 3.63) is 87.6 Å². The molecule has 1 saturated carbocycles. The van der Waals surface area contributed by atoms with E-state index >= 15 is 0 Å². The van der Waals surface area contributed by atoms with E-state index < -0.39 is 11.9 Å². The third-order valence-electron chi connectivity index (χ3n) is 7.12. The van der Waals surface area contributed by atoms with Gasteiger partial charge in [-0.15, -0.1) is 11.3 Å². The van der Waals surface area contributed by atoms with E-state index in [0.717, 1.165) is 67.1 Å². The Morgan fingerprint density at radius 3 is 2.65 bits per heavy atom. The molecule has 0 spiro atoms. The van der Waals surface area contributed by atoms with E-state index in [-0.39, 0.29) is 5.92 Å². The molecule has 5 aromatic rings. The van der Waals surface area contributed by atoms with E-state index in [4.69, 9.17) is 9.72 Å². The second kappa shape index (κ2) is 10.3. The van der Waals surface area contributed by atoms with Crippen LogP contribution in [0.15, 0.2) is 71.2 Å². The van der Waals surface area contributed by atoms with E-state index in [1.807, 2.05) is 48.5 Å². The molecule has 1 unspecified atom stereocenters. The number of aromatic nitrogens is 3. The zero-order valence-corrected chi connectivity index (χ0v) is 22.5. The van der Waals surface area contributed by atoms with Crippen LogP contribution >= 0.6 is 27.3 Å². The first-order chi connectivity index (χ1) is 18.0. The van der Waals surface area contributed by atoms with E-state index in [0.29, 0.717) is 19.6 Å². The fraction of sp³-hybridized carbons (Fsp3) is 0.276. The van der Waals surface area contributed by atoms with Crippen LogP contribution in [0.2, 0.25) is 0 Å². The smallest absolute Gasteiger partial charge is 0.307 e. The van der Waals surface area contributed by atoms with Crippen LogP contribution in [0.3, 0.4) is 0 Å². The number of ether oxygens (including phenoxy) is 1. The number of hydrogen-bond acceptors (Lipinski definition) is 5. The van der Waals surface area contributed by atoms with Crippen LogP contribution in [0.4, 0.5) is 0 Å². The number of carboxylic acid groups (broad SMARTS) is 1. The molecule has 6 rings (SSSR count). The summed E-state index contributed by atoms with van der Waals surface area (Å²) in [5, 5.41) is 10.9. The molecule has 1 fully saturated rings. The maximum Gasteiger partial charge on any atom is 0.307 e. The van der Waals surface area contributed by atoms with Gasteiger partial charge in [0.15, 0.2) is 0 Å². The van der Waals surface area contributed by atoms with Crippen LogP contribution in [0.5, 0.6) is 5.75 Å². The monoisotopic (exact) mass is 575 g/mol. The van der Waals surface area contributed by atoms with E-state index in [1.165, 1.54) is 0 Å². The Hall–Kier alpha value is -3.23. The van der Waals surface area contributed by atoms with Gasteiger partial charge in [0.05, 0.1) is 27.2 Å². The number of hydrogen-bond donors (Lipinski definition) is 1. The fourth-order valence-electron chi connectivity index (χ4n) is 5.30. The molecule has 8 heteroatoms. The summed E-state index contributed by atoms with van der Waals surface area (Å²) in [6, 6.07) is 22.3. The number of benzene rings is 3. The molecule has 0 bridgehead atoms. The van der Waals surface area contributed by atoms with Crippen LogP contribution < -0.4 is 4.74 Å². The Bertz CT molecular complexity index is 1540. The predicted octanol–water partition coefficient (Wildman–Crippen LogP) is 7.39. The highest BCUT2D eigenvalue weighted by Gasteiger charge is 2.35. The number of imidazole rings is 1. The maximum absolute atomic E-state index is 12.1. The summed E-state index contributed by atoms with van der Waals surface area (Å²) < 4.78 is 10.5. The molecule has 0 aliphatic heterocycles. The van der Waals surface area contributed by atoms with Gasteiger partial charge in [-0.05, 0) is 54.8 Å². The zero-order chi connectivity index (χ0) is 25.4. The van der Waals surface area contributed by atoms with E-state index in [1.54, 1.807) is 11.3 Å². The summed E-state index contributed by atoms with van der Waals surface area (Å²) >= 11 is 5.15. The molecule has 0 radical (unpaired) electrons. The fourth-order valence-corrected chi connectivity index (χ4v) is 6.45. The van der Waals surface area contributed by atoms with Crippen LogP contribution in [0.25, 0.3) is 21.3 Å². The molecule has 1 aliphatic carbocycles. The first kappa shape index (κ1) is 24.1. The molecule has 6 nitrogen and oxygen atoms in total. The second-order valence-electron chi connectivity index (χ2n) is 9.53. The summed E-state index contributed by atoms with van der Waals surface area (Å²) in [4.78, 5) is 21.8. The average molecular weight is 577 g/mol. The Kier molecular flexibility index (Phi) is 6.69. The molecule has 37 heavy (non-hydrogen) atoms. The molecule has 1 aliphatic rings. The first-order valence-corrected chi connectivity index (χ1v) is 14.1. The van der Waals surface area contributed by atoms with Crippen LogP contribution in [0.1, 0.15) is 48.0 Å². The minimum atomic E-state index is -0.730. The highest BCUT2D eigenvalue weighted by molar-refractivity contribution is 9.10. The Morgan fingerprint density at radius 1 is 1.03 bits per heavy atom. The van der Waals surface area contributed by atoms with Crippen molar-refractivity contribution in [2.45, 2.75) is 44.8 Å². The number of halogens is 1. The minimum Gasteiger partial charge on any atom is -0.486 e. The molecular formula is C29H26BrN3O3S. The van der Waals surface area contributed by atoms with Gasteiger partial charge >= 0.3 is 5.97 Å². The van der Waals surface area contributed by atoms with Crippen LogP contribution in [-0.2, 0) is 17.9 Å². The van der Waals surface area contributed by atoms with Gasteiger partial charge in [0, 0.05) is 23.0 Å². The van der Waals surface area contributed by atoms with Crippen molar-refractivity contribution >= 4 is 54.5 Å². The lowest BCUT2D eigenvalue weighted by Gasteiger charge is -2.28. The third-order valence-corrected chi connectivity index (χ3v) is 8.66. The molecule has 188 valence electrons. The number of carboxylic acids is 1. The van der Waals surface area contributed by atoms with Gasteiger partial charge < -0.3 is 14.4 Å². The van der Waals surface area contributed by atoms with Crippen molar-refractivity contribution in [1.82, 2.24) is 14.5 Å². The van der Waals surface area contributed by atoms with Gasteiger partial charge in [0.2, 0.25) is 0 Å². The number of nitrogens with zero attached hydrogens (tertiary/aromatic N) is 3. The molecule has 0 amide bonds. The lowest BCUT2D eigenvalue weighted by atomic mass is 9.78. The largest absolute Gasteiger partial charge is 0.486 e. The summed E-state index contributed by atoms with van der Waals surface area (Å²) in [5.74, 6) is 0.329. The third kappa shape index (κ3) is 5.00. The van der Waals surface area contributed by atoms with Crippen LogP contribution in [0, 0.1) is 5.92 Å². The summed E-state index contributed by atoms with van der Waals surface area (Å²) in [6.45, 7) is 1.02. The average Bonchev–Trinajstić information content (AvgIpc) is 3.49. The number of rotatable bonds is 7. The molecule has 1 N–H and O–H groups in total. The predicted molar refractivity (Wildman–Crippen MR) is 149 cm³/mol. The van der Waals surface area contributed by atoms with E-state index in [9.17, 15) is 9.90 Å². The van der Waals surface area contributed by atoms with Gasteiger partial charge in [-0.1, -0.05) is 53.0 Å². The standard InChI is InChI=1S/C29H26BrN3O3S/c30-19-11-9-18(10-12-19)16-33-25-14-13-20(36-17-27-31-23-7-3-4-8-26(23)37-27)15-24(25)32-28(33)21-5-1-2-6-22(21)29(34)35/h3-4,7-15,21-22H,1-2,5-6,16-17H2,(H,34,35)/t21?,22-/m1/s1. The molecule has 3 aromatic carbocycles. The first-order valence-electron chi connectivity index (χ1n) is 12.5. The van der Waals surface area contributed by atoms with Crippen LogP contribution in [-0.4, -0.2) is 25.6 Å². The highest BCUT2D eigenvalue weighted by atomic mass is 79.9. The van der Waals surface area contributed by atoms with Crippen molar-refractivity contribution in [1.29, 1.82) is 0 Å². The molecule has 2 heterocycles. The molecular weight excluding hydrogens is 550 g/mol. The normalized spacial score (nSPS) is 17.9. The van der Waals surface area contributed by atoms with Gasteiger partial charge in [0.25, 0.3) is 0 Å². The van der Waals surface area contributed by atoms with Crippen molar-refractivity contribution in [3.63, 3.8) is 0 Å². The quantitative estimate of drug-likeness (QED) is 0.219. The van der Waals surface area contributed by atoms with Crippen molar-refractivity contribution in [2.75, 3.05) is 0 Å². The Morgan fingerprint density at radius 2 is 1.84 bits per heavy atom. The number of fused-ring (bicyclic) bond motifs is 2. The molecule has 0 saturated heterocycles. The highest BCUT2D eigenvalue weighted by Crippen LogP contribution is 2.39. The second-order valence-corrected chi connectivity index (χ2v) is 11.6. The summed E-state index contributed by atoms with van der Waals surface area (Å²) in [7, 11) is 0. The van der Waals surface area contributed by atoms with Gasteiger partial charge in [-0.3, -0.25) is 4.79 Å². The molecule has 2 aromatic heterocycles. The number of carbonyl (C=O) groups is 1. The minimum absolute atomic E-state index is 0.110. The van der Waals surface area contributed by atoms with Crippen molar-refractivity contribution in [2.24, 2.45) is 5.92 Å². The van der Waals surface area contributed by atoms with Crippen molar-refractivity contribution in [3.8, 4) is 5.75 Å². The summed E-state index contributed by atoms with van der Waals surface area (Å²) in [6.07, 6.45) is 3.50. The number of para-hydroxylation sites is 1. The Balaban J connectivity index is 1.34. The van der Waals surface area contributed by atoms with E-state index in [2.05, 4.69) is 43.7 Å².